The number of hydrogen-bond acceptors (Lipinski definition) is 3. The van der Waals surface area contributed by atoms with Crippen LogP contribution in [0.25, 0.3) is 0 Å². The summed E-state index contributed by atoms with van der Waals surface area (Å²) in [6.07, 6.45) is 9.91. The van der Waals surface area contributed by atoms with E-state index in [1.807, 2.05) is 11.9 Å². The zero-order valence-corrected chi connectivity index (χ0v) is 12.9. The van der Waals surface area contributed by atoms with Crippen LogP contribution in [-0.2, 0) is 4.79 Å². The number of nitrogens with zero attached hydrogens (tertiary/aromatic N) is 2. The number of hydrogen-bond donors (Lipinski definition) is 1. The Balaban J connectivity index is 1.77. The van der Waals surface area contributed by atoms with E-state index < -0.39 is 0 Å². The summed E-state index contributed by atoms with van der Waals surface area (Å²) in [5, 5.41) is 9.41. The second kappa shape index (κ2) is 7.99. The molecule has 0 bridgehead atoms. The summed E-state index contributed by atoms with van der Waals surface area (Å²) >= 11 is 0. The number of rotatable bonds is 5. The van der Waals surface area contributed by atoms with E-state index in [2.05, 4.69) is 4.90 Å². The second-order valence-electron chi connectivity index (χ2n) is 6.58. The van der Waals surface area contributed by atoms with Crippen molar-refractivity contribution in [3.05, 3.63) is 0 Å². The first kappa shape index (κ1) is 15.8. The molecule has 4 heteroatoms. The molecule has 0 aromatic carbocycles. The van der Waals surface area contributed by atoms with Crippen molar-refractivity contribution in [3.8, 4) is 0 Å². The molecule has 1 saturated heterocycles. The summed E-state index contributed by atoms with van der Waals surface area (Å²) in [5.41, 5.74) is 0. The van der Waals surface area contributed by atoms with Crippen LogP contribution in [0.4, 0.5) is 0 Å². The molecule has 2 aliphatic rings. The average Bonchev–Trinajstić information content (AvgIpc) is 2.48. The van der Waals surface area contributed by atoms with Crippen LogP contribution >= 0.6 is 0 Å². The lowest BCUT2D eigenvalue weighted by atomic mass is 9.89. The van der Waals surface area contributed by atoms with E-state index >= 15 is 0 Å². The highest BCUT2D eigenvalue weighted by Crippen LogP contribution is 2.24. The van der Waals surface area contributed by atoms with Crippen LogP contribution in [0.1, 0.15) is 51.4 Å². The molecule has 0 radical (unpaired) electrons. The van der Waals surface area contributed by atoms with Crippen molar-refractivity contribution in [2.24, 2.45) is 5.92 Å². The van der Waals surface area contributed by atoms with Gasteiger partial charge in [-0.1, -0.05) is 25.7 Å². The van der Waals surface area contributed by atoms with Gasteiger partial charge in [0.1, 0.15) is 0 Å². The molecule has 2 rings (SSSR count). The van der Waals surface area contributed by atoms with Crippen molar-refractivity contribution in [2.45, 2.75) is 57.4 Å². The lowest BCUT2D eigenvalue weighted by Gasteiger charge is -2.35. The molecule has 4 nitrogen and oxygen atoms in total. The molecular weight excluding hydrogens is 252 g/mol. The average molecular weight is 282 g/mol. The molecule has 1 heterocycles. The molecule has 1 N–H and O–H groups in total. The number of carbonyl (C=O) groups is 1. The van der Waals surface area contributed by atoms with E-state index in [4.69, 9.17) is 0 Å². The fourth-order valence-corrected chi connectivity index (χ4v) is 3.63. The van der Waals surface area contributed by atoms with Gasteiger partial charge in [0.15, 0.2) is 0 Å². The molecular formula is C16H30N2O2. The van der Waals surface area contributed by atoms with Gasteiger partial charge >= 0.3 is 0 Å². The van der Waals surface area contributed by atoms with Gasteiger partial charge in [0, 0.05) is 19.6 Å². The molecule has 0 aromatic rings. The molecule has 1 aliphatic heterocycles. The summed E-state index contributed by atoms with van der Waals surface area (Å²) in [6, 6.07) is 0.191. The molecule has 2 fully saturated rings. The smallest absolute Gasteiger partial charge is 0.236 e. The first-order chi connectivity index (χ1) is 9.70. The summed E-state index contributed by atoms with van der Waals surface area (Å²) in [4.78, 5) is 16.4. The van der Waals surface area contributed by atoms with Crippen LogP contribution in [-0.4, -0.2) is 60.1 Å². The minimum absolute atomic E-state index is 0.180. The highest BCUT2D eigenvalue weighted by atomic mass is 16.3. The monoisotopic (exact) mass is 282 g/mol. The largest absolute Gasteiger partial charge is 0.395 e. The van der Waals surface area contributed by atoms with E-state index in [-0.39, 0.29) is 18.6 Å². The Morgan fingerprint density at radius 2 is 1.85 bits per heavy atom. The minimum atomic E-state index is 0.180. The zero-order chi connectivity index (χ0) is 14.4. The maximum atomic E-state index is 12.3. The van der Waals surface area contributed by atoms with E-state index in [0.717, 1.165) is 25.9 Å². The van der Waals surface area contributed by atoms with Crippen molar-refractivity contribution in [1.82, 2.24) is 9.80 Å². The molecule has 1 atom stereocenters. The van der Waals surface area contributed by atoms with Gasteiger partial charge in [-0.3, -0.25) is 9.69 Å². The van der Waals surface area contributed by atoms with Crippen molar-refractivity contribution in [2.75, 3.05) is 33.3 Å². The lowest BCUT2D eigenvalue weighted by Crippen LogP contribution is -2.48. The number of carbonyl (C=O) groups excluding carboxylic acids is 1. The first-order valence-corrected chi connectivity index (χ1v) is 8.29. The van der Waals surface area contributed by atoms with Crippen LogP contribution in [0.3, 0.4) is 0 Å². The number of piperidine rings is 1. The normalized spacial score (nSPS) is 25.6. The summed E-state index contributed by atoms with van der Waals surface area (Å²) in [5.74, 6) is 0.920. The second-order valence-corrected chi connectivity index (χ2v) is 6.58. The highest BCUT2D eigenvalue weighted by molar-refractivity contribution is 5.78. The minimum Gasteiger partial charge on any atom is -0.395 e. The fourth-order valence-electron chi connectivity index (χ4n) is 3.63. The van der Waals surface area contributed by atoms with Crippen LogP contribution < -0.4 is 0 Å². The van der Waals surface area contributed by atoms with Crippen LogP contribution in [0.2, 0.25) is 0 Å². The molecule has 1 amide bonds. The molecule has 0 unspecified atom stereocenters. The Morgan fingerprint density at radius 1 is 1.15 bits per heavy atom. The van der Waals surface area contributed by atoms with Crippen molar-refractivity contribution in [1.29, 1.82) is 0 Å². The van der Waals surface area contributed by atoms with Crippen molar-refractivity contribution >= 4 is 5.91 Å². The number of amides is 1. The van der Waals surface area contributed by atoms with Gasteiger partial charge in [-0.05, 0) is 38.1 Å². The molecule has 1 aliphatic carbocycles. The SMILES string of the molecule is CN(CC1CCCCC1)C(=O)CN1CCCC[C@@H]1CO. The third-order valence-corrected chi connectivity index (χ3v) is 4.98. The Kier molecular flexibility index (Phi) is 6.30. The van der Waals surface area contributed by atoms with Gasteiger partial charge in [0.2, 0.25) is 5.91 Å². The molecule has 0 aromatic heterocycles. The molecule has 1 saturated carbocycles. The Hall–Kier alpha value is -0.610. The van der Waals surface area contributed by atoms with Gasteiger partial charge < -0.3 is 10.0 Å². The number of aliphatic hydroxyl groups is 1. The van der Waals surface area contributed by atoms with Crippen LogP contribution in [0, 0.1) is 5.92 Å². The third-order valence-electron chi connectivity index (χ3n) is 4.98. The lowest BCUT2D eigenvalue weighted by molar-refractivity contribution is -0.133. The van der Waals surface area contributed by atoms with E-state index in [0.29, 0.717) is 12.5 Å². The topological polar surface area (TPSA) is 43.8 Å². The quantitative estimate of drug-likeness (QED) is 0.837. The van der Waals surface area contributed by atoms with E-state index in [9.17, 15) is 9.90 Å². The van der Waals surface area contributed by atoms with Gasteiger partial charge in [0.05, 0.1) is 13.2 Å². The van der Waals surface area contributed by atoms with E-state index in [1.165, 1.54) is 38.5 Å². The predicted molar refractivity (Wildman–Crippen MR) is 80.5 cm³/mol. The van der Waals surface area contributed by atoms with Gasteiger partial charge in [-0.15, -0.1) is 0 Å². The number of likely N-dealkylation sites (tertiary alicyclic amines) is 1. The van der Waals surface area contributed by atoms with Gasteiger partial charge in [-0.25, -0.2) is 0 Å². The fraction of sp³-hybridized carbons (Fsp3) is 0.938. The first-order valence-electron chi connectivity index (χ1n) is 8.29. The third kappa shape index (κ3) is 4.45. The number of likely N-dealkylation sites (N-methyl/N-ethyl adjacent to an activating group) is 1. The predicted octanol–water partition coefficient (Wildman–Crippen LogP) is 1.87. The Labute approximate surface area is 123 Å². The molecule has 20 heavy (non-hydrogen) atoms. The maximum Gasteiger partial charge on any atom is 0.236 e. The Morgan fingerprint density at radius 3 is 2.55 bits per heavy atom. The van der Waals surface area contributed by atoms with Gasteiger partial charge in [-0.2, -0.15) is 0 Å². The zero-order valence-electron chi connectivity index (χ0n) is 12.9. The number of aliphatic hydroxyl groups excluding tert-OH is 1. The van der Waals surface area contributed by atoms with Gasteiger partial charge in [0.25, 0.3) is 0 Å². The van der Waals surface area contributed by atoms with E-state index in [1.54, 1.807) is 0 Å². The Bertz CT molecular complexity index is 303. The summed E-state index contributed by atoms with van der Waals surface area (Å²) < 4.78 is 0. The summed E-state index contributed by atoms with van der Waals surface area (Å²) in [7, 11) is 1.94. The summed E-state index contributed by atoms with van der Waals surface area (Å²) in [6.45, 7) is 2.53. The molecule has 116 valence electrons. The maximum absolute atomic E-state index is 12.3. The van der Waals surface area contributed by atoms with Crippen LogP contribution in [0.15, 0.2) is 0 Å². The standard InChI is InChI=1S/C16H30N2O2/c1-17(11-14-7-3-2-4-8-14)16(20)12-18-10-6-5-9-15(18)13-19/h14-15,19H,2-13H2,1H3/t15-/m1/s1. The van der Waals surface area contributed by atoms with Crippen molar-refractivity contribution in [3.63, 3.8) is 0 Å². The van der Waals surface area contributed by atoms with Crippen LogP contribution in [0.5, 0.6) is 0 Å². The highest BCUT2D eigenvalue weighted by Gasteiger charge is 2.25. The molecule has 0 spiro atoms. The van der Waals surface area contributed by atoms with Crippen molar-refractivity contribution < 1.29 is 9.90 Å².